The van der Waals surface area contributed by atoms with E-state index in [1.54, 1.807) is 0 Å². The second kappa shape index (κ2) is 12.1. The van der Waals surface area contributed by atoms with Crippen LogP contribution in [0.3, 0.4) is 0 Å². The molecule has 0 fully saturated rings. The number of furan rings is 1. The fourth-order valence-corrected chi connectivity index (χ4v) is 5.44. The zero-order chi connectivity index (χ0) is 28.0. The van der Waals surface area contributed by atoms with Crippen molar-refractivity contribution >= 4 is 16.9 Å². The first-order chi connectivity index (χ1) is 20.2. The summed E-state index contributed by atoms with van der Waals surface area (Å²) < 4.78 is 6.34. The van der Waals surface area contributed by atoms with E-state index in [9.17, 15) is 4.79 Å². The van der Waals surface area contributed by atoms with Crippen molar-refractivity contribution < 1.29 is 9.21 Å². The van der Waals surface area contributed by atoms with Crippen molar-refractivity contribution in [1.29, 1.82) is 0 Å². The molecule has 1 amide bonds. The van der Waals surface area contributed by atoms with Crippen molar-refractivity contribution in [3.8, 4) is 22.3 Å². The third-order valence-corrected chi connectivity index (χ3v) is 7.66. The number of hydrogen-bond acceptors (Lipinski definition) is 2. The highest BCUT2D eigenvalue weighted by Crippen LogP contribution is 2.37. The number of carbonyl (C=O) groups is 1. The Morgan fingerprint density at radius 3 is 1.88 bits per heavy atom. The molecule has 6 aromatic rings. The molecule has 0 aliphatic rings. The Bertz CT molecular complexity index is 1730. The largest absolute Gasteiger partial charge is 0.460 e. The highest BCUT2D eigenvalue weighted by atomic mass is 16.3. The number of carbonyl (C=O) groups excluding carboxylic acids is 1. The Morgan fingerprint density at radius 1 is 0.634 bits per heavy atom. The molecule has 0 aliphatic heterocycles. The van der Waals surface area contributed by atoms with Crippen molar-refractivity contribution in [2.45, 2.75) is 19.3 Å². The number of amides is 1. The molecule has 0 saturated carbocycles. The van der Waals surface area contributed by atoms with E-state index in [-0.39, 0.29) is 5.91 Å². The summed E-state index contributed by atoms with van der Waals surface area (Å²) in [5, 5.41) is 1.13. The number of rotatable bonds is 9. The predicted molar refractivity (Wildman–Crippen MR) is 168 cm³/mol. The minimum Gasteiger partial charge on any atom is -0.460 e. The molecular weight excluding hydrogens is 502 g/mol. The Labute approximate surface area is 241 Å². The Kier molecular flexibility index (Phi) is 7.77. The average Bonchev–Trinajstić information content (AvgIpc) is 3.39. The van der Waals surface area contributed by atoms with Crippen molar-refractivity contribution in [2.24, 2.45) is 0 Å². The van der Waals surface area contributed by atoms with Gasteiger partial charge in [0, 0.05) is 36.5 Å². The van der Waals surface area contributed by atoms with E-state index in [1.165, 1.54) is 11.1 Å². The standard InChI is InChI=1S/C38H33NO2/c1-39(26-10-15-28-11-4-2-5-12-28)38(40)33-24-20-31(21-25-33)30-18-22-32(23-19-30)37-34-16-8-9-17-35(34)41-36(37)27-29-13-6-3-7-14-29/h2-9,11-14,16-25H,10,15,26-27H2,1H3. The minimum atomic E-state index is 0.0535. The zero-order valence-corrected chi connectivity index (χ0v) is 23.3. The Hall–Kier alpha value is -4.89. The number of hydrogen-bond donors (Lipinski definition) is 0. The molecule has 202 valence electrons. The summed E-state index contributed by atoms with van der Waals surface area (Å²) in [6.45, 7) is 0.728. The number of nitrogens with zero attached hydrogens (tertiary/aromatic N) is 1. The third-order valence-electron chi connectivity index (χ3n) is 7.66. The summed E-state index contributed by atoms with van der Waals surface area (Å²) in [5.74, 6) is 1.03. The summed E-state index contributed by atoms with van der Waals surface area (Å²) in [6, 6.07) is 45.7. The second-order valence-electron chi connectivity index (χ2n) is 10.5. The smallest absolute Gasteiger partial charge is 0.253 e. The van der Waals surface area contributed by atoms with E-state index in [1.807, 2.05) is 60.5 Å². The molecule has 0 radical (unpaired) electrons. The van der Waals surface area contributed by atoms with Crippen LogP contribution < -0.4 is 0 Å². The fourth-order valence-electron chi connectivity index (χ4n) is 5.44. The van der Waals surface area contributed by atoms with Gasteiger partial charge in [0.25, 0.3) is 5.91 Å². The molecular formula is C38H33NO2. The molecule has 1 heterocycles. The molecule has 0 spiro atoms. The first-order valence-electron chi connectivity index (χ1n) is 14.2. The Balaban J connectivity index is 1.17. The lowest BCUT2D eigenvalue weighted by atomic mass is 9.96. The molecule has 0 atom stereocenters. The van der Waals surface area contributed by atoms with Gasteiger partial charge in [-0.1, -0.05) is 115 Å². The average molecular weight is 536 g/mol. The van der Waals surface area contributed by atoms with Gasteiger partial charge in [0.15, 0.2) is 0 Å². The summed E-state index contributed by atoms with van der Waals surface area (Å²) >= 11 is 0. The van der Waals surface area contributed by atoms with Gasteiger partial charge in [-0.15, -0.1) is 0 Å². The van der Waals surface area contributed by atoms with Gasteiger partial charge in [-0.3, -0.25) is 4.79 Å². The number of fused-ring (bicyclic) bond motifs is 1. The van der Waals surface area contributed by atoms with Crippen LogP contribution >= 0.6 is 0 Å². The summed E-state index contributed by atoms with van der Waals surface area (Å²) in [6.07, 6.45) is 2.65. The van der Waals surface area contributed by atoms with Crippen molar-refractivity contribution in [1.82, 2.24) is 4.90 Å². The van der Waals surface area contributed by atoms with Gasteiger partial charge in [-0.25, -0.2) is 0 Å². The molecule has 0 bridgehead atoms. The molecule has 41 heavy (non-hydrogen) atoms. The lowest BCUT2D eigenvalue weighted by molar-refractivity contribution is 0.0793. The van der Waals surface area contributed by atoms with E-state index in [4.69, 9.17) is 4.42 Å². The van der Waals surface area contributed by atoms with Crippen molar-refractivity contribution in [2.75, 3.05) is 13.6 Å². The fraction of sp³-hybridized carbons (Fsp3) is 0.132. The van der Waals surface area contributed by atoms with Crippen molar-refractivity contribution in [3.05, 3.63) is 156 Å². The van der Waals surface area contributed by atoms with E-state index >= 15 is 0 Å². The van der Waals surface area contributed by atoms with Crippen LogP contribution in [0, 0.1) is 0 Å². The molecule has 6 rings (SSSR count). The highest BCUT2D eigenvalue weighted by molar-refractivity contribution is 5.96. The first kappa shape index (κ1) is 26.3. The number of aryl methyl sites for hydroxylation is 1. The zero-order valence-electron chi connectivity index (χ0n) is 23.3. The van der Waals surface area contributed by atoms with Gasteiger partial charge >= 0.3 is 0 Å². The van der Waals surface area contributed by atoms with Crippen LogP contribution in [-0.4, -0.2) is 24.4 Å². The van der Waals surface area contributed by atoms with Crippen LogP contribution in [0.2, 0.25) is 0 Å². The van der Waals surface area contributed by atoms with Crippen LogP contribution in [0.4, 0.5) is 0 Å². The number of benzene rings is 5. The van der Waals surface area contributed by atoms with Crippen LogP contribution in [0.1, 0.15) is 33.7 Å². The van der Waals surface area contributed by atoms with Gasteiger partial charge < -0.3 is 9.32 Å². The highest BCUT2D eigenvalue weighted by Gasteiger charge is 2.17. The first-order valence-corrected chi connectivity index (χ1v) is 14.2. The maximum absolute atomic E-state index is 13.0. The summed E-state index contributed by atoms with van der Waals surface area (Å²) in [7, 11) is 1.88. The predicted octanol–water partition coefficient (Wildman–Crippen LogP) is 9.06. The van der Waals surface area contributed by atoms with Crippen LogP contribution in [0.25, 0.3) is 33.2 Å². The van der Waals surface area contributed by atoms with E-state index in [2.05, 4.69) is 84.9 Å². The van der Waals surface area contributed by atoms with Gasteiger partial charge in [-0.05, 0) is 58.9 Å². The second-order valence-corrected chi connectivity index (χ2v) is 10.5. The molecule has 3 nitrogen and oxygen atoms in total. The molecule has 5 aromatic carbocycles. The maximum Gasteiger partial charge on any atom is 0.253 e. The Morgan fingerprint density at radius 2 is 1.20 bits per heavy atom. The monoisotopic (exact) mass is 535 g/mol. The molecule has 0 saturated heterocycles. The van der Waals surface area contributed by atoms with Gasteiger partial charge in [-0.2, -0.15) is 0 Å². The lowest BCUT2D eigenvalue weighted by Gasteiger charge is -2.17. The summed E-state index contributed by atoms with van der Waals surface area (Å²) in [5.41, 5.74) is 8.62. The van der Waals surface area contributed by atoms with Crippen molar-refractivity contribution in [3.63, 3.8) is 0 Å². The normalized spacial score (nSPS) is 11.0. The molecule has 0 N–H and O–H groups in total. The van der Waals surface area contributed by atoms with Crippen LogP contribution in [-0.2, 0) is 12.8 Å². The molecule has 0 unspecified atom stereocenters. The summed E-state index contributed by atoms with van der Waals surface area (Å²) in [4.78, 5) is 14.8. The van der Waals surface area contributed by atoms with E-state index < -0.39 is 0 Å². The minimum absolute atomic E-state index is 0.0535. The van der Waals surface area contributed by atoms with Crippen LogP contribution in [0.5, 0.6) is 0 Å². The molecule has 1 aromatic heterocycles. The van der Waals surface area contributed by atoms with E-state index in [0.29, 0.717) is 5.56 Å². The molecule has 3 heteroatoms. The van der Waals surface area contributed by atoms with Gasteiger partial charge in [0.05, 0.1) is 0 Å². The number of para-hydroxylation sites is 1. The van der Waals surface area contributed by atoms with Gasteiger partial charge in [0.2, 0.25) is 0 Å². The third kappa shape index (κ3) is 6.00. The quantitative estimate of drug-likeness (QED) is 0.185. The van der Waals surface area contributed by atoms with E-state index in [0.717, 1.165) is 64.8 Å². The van der Waals surface area contributed by atoms with Crippen LogP contribution in [0.15, 0.2) is 138 Å². The topological polar surface area (TPSA) is 33.5 Å². The molecule has 0 aliphatic carbocycles. The maximum atomic E-state index is 13.0. The SMILES string of the molecule is CN(CCCc1ccccc1)C(=O)c1ccc(-c2ccc(-c3c(Cc4ccccc4)oc4ccccc34)cc2)cc1. The lowest BCUT2D eigenvalue weighted by Crippen LogP contribution is -2.28. The van der Waals surface area contributed by atoms with Gasteiger partial charge in [0.1, 0.15) is 11.3 Å².